The number of benzene rings is 1. The molecule has 1 heterocycles. The van der Waals surface area contributed by atoms with E-state index in [1.54, 1.807) is 6.07 Å². The summed E-state index contributed by atoms with van der Waals surface area (Å²) in [4.78, 5) is 11.0. The maximum atomic E-state index is 11.0. The number of hydrogen-bond acceptors (Lipinski definition) is 5. The smallest absolute Gasteiger partial charge is 0.341 e. The van der Waals surface area contributed by atoms with Gasteiger partial charge in [0, 0.05) is 12.1 Å². The summed E-state index contributed by atoms with van der Waals surface area (Å²) in [5, 5.41) is 13.3. The Labute approximate surface area is 119 Å². The molecular formula is C12H12ClN3O4. The average Bonchev–Trinajstić information content (AvgIpc) is 2.80. The molecule has 0 bridgehead atoms. The molecule has 7 nitrogen and oxygen atoms in total. The Morgan fingerprint density at radius 3 is 2.50 bits per heavy atom. The van der Waals surface area contributed by atoms with Crippen LogP contribution >= 0.6 is 11.6 Å². The van der Waals surface area contributed by atoms with Crippen LogP contribution < -0.4 is 15.2 Å². The van der Waals surface area contributed by atoms with Gasteiger partial charge in [0.25, 0.3) is 0 Å². The lowest BCUT2D eigenvalue weighted by Gasteiger charge is -2.13. The van der Waals surface area contributed by atoms with Crippen LogP contribution in [0, 0.1) is 0 Å². The highest BCUT2D eigenvalue weighted by molar-refractivity contribution is 6.32. The van der Waals surface area contributed by atoms with Gasteiger partial charge in [0.1, 0.15) is 28.6 Å². The second-order valence-corrected chi connectivity index (χ2v) is 4.23. The number of nitrogens with two attached hydrogens (primary N) is 1. The van der Waals surface area contributed by atoms with Crippen LogP contribution in [0.25, 0.3) is 5.69 Å². The number of ether oxygens (including phenoxy) is 2. The van der Waals surface area contributed by atoms with Gasteiger partial charge in [0.15, 0.2) is 0 Å². The molecule has 20 heavy (non-hydrogen) atoms. The molecule has 0 saturated heterocycles. The lowest BCUT2D eigenvalue weighted by Crippen LogP contribution is -2.07. The molecule has 0 aliphatic heterocycles. The predicted octanol–water partition coefficient (Wildman–Crippen LogP) is 1.82. The van der Waals surface area contributed by atoms with Crippen LogP contribution in [-0.4, -0.2) is 35.1 Å². The molecule has 0 saturated carbocycles. The molecule has 8 heteroatoms. The van der Waals surface area contributed by atoms with Crippen LogP contribution in [0.4, 0.5) is 5.82 Å². The number of nitrogen functional groups attached to an aromatic ring is 1. The highest BCUT2D eigenvalue weighted by Crippen LogP contribution is 2.35. The Kier molecular flexibility index (Phi) is 3.71. The fraction of sp³-hybridized carbons (Fsp3) is 0.167. The van der Waals surface area contributed by atoms with E-state index in [1.165, 1.54) is 25.0 Å². The van der Waals surface area contributed by atoms with Gasteiger partial charge in [-0.3, -0.25) is 0 Å². The first kappa shape index (κ1) is 14.0. The second-order valence-electron chi connectivity index (χ2n) is 3.82. The third-order valence-corrected chi connectivity index (χ3v) is 3.01. The number of aromatic carboxylic acids is 1. The van der Waals surface area contributed by atoms with Crippen LogP contribution in [0.5, 0.6) is 11.5 Å². The first-order chi connectivity index (χ1) is 9.49. The summed E-state index contributed by atoms with van der Waals surface area (Å²) in [6.45, 7) is 0. The Hall–Kier alpha value is -2.41. The van der Waals surface area contributed by atoms with Crippen molar-refractivity contribution in [2.75, 3.05) is 20.0 Å². The van der Waals surface area contributed by atoms with E-state index in [0.717, 1.165) is 6.20 Å². The van der Waals surface area contributed by atoms with Gasteiger partial charge < -0.3 is 20.3 Å². The normalized spacial score (nSPS) is 10.3. The van der Waals surface area contributed by atoms with Crippen LogP contribution in [-0.2, 0) is 0 Å². The van der Waals surface area contributed by atoms with E-state index in [2.05, 4.69) is 5.10 Å². The van der Waals surface area contributed by atoms with Crippen LogP contribution in [0.15, 0.2) is 18.3 Å². The summed E-state index contributed by atoms with van der Waals surface area (Å²) in [5.41, 5.74) is 6.11. The molecule has 1 aromatic carbocycles. The van der Waals surface area contributed by atoms with Gasteiger partial charge in [0.2, 0.25) is 0 Å². The Morgan fingerprint density at radius 2 is 2.00 bits per heavy atom. The number of carboxylic acids is 1. The fourth-order valence-corrected chi connectivity index (χ4v) is 1.96. The molecule has 0 radical (unpaired) electrons. The van der Waals surface area contributed by atoms with Gasteiger partial charge in [-0.2, -0.15) is 5.10 Å². The van der Waals surface area contributed by atoms with Crippen molar-refractivity contribution in [1.29, 1.82) is 0 Å². The molecule has 1 aromatic heterocycles. The number of carboxylic acid groups (broad SMARTS) is 1. The molecule has 0 fully saturated rings. The largest absolute Gasteiger partial charge is 0.495 e. The minimum atomic E-state index is -1.16. The number of nitrogens with zero attached hydrogens (tertiary/aromatic N) is 2. The lowest BCUT2D eigenvalue weighted by molar-refractivity contribution is 0.0698. The molecule has 0 atom stereocenters. The highest BCUT2D eigenvalue weighted by atomic mass is 35.5. The van der Waals surface area contributed by atoms with Crippen molar-refractivity contribution >= 4 is 23.4 Å². The third kappa shape index (κ3) is 2.23. The van der Waals surface area contributed by atoms with Crippen molar-refractivity contribution in [2.24, 2.45) is 0 Å². The maximum absolute atomic E-state index is 11.0. The van der Waals surface area contributed by atoms with Crippen LogP contribution in [0.1, 0.15) is 10.4 Å². The fourth-order valence-electron chi connectivity index (χ4n) is 1.72. The van der Waals surface area contributed by atoms with Gasteiger partial charge in [-0.25, -0.2) is 9.48 Å². The Balaban J connectivity index is 2.65. The van der Waals surface area contributed by atoms with Gasteiger partial charge in [-0.15, -0.1) is 0 Å². The minimum Gasteiger partial charge on any atom is -0.495 e. The van der Waals surface area contributed by atoms with E-state index in [0.29, 0.717) is 22.2 Å². The lowest BCUT2D eigenvalue weighted by atomic mass is 10.2. The molecule has 2 aromatic rings. The van der Waals surface area contributed by atoms with Crippen LogP contribution in [0.2, 0.25) is 5.02 Å². The van der Waals surface area contributed by atoms with E-state index in [9.17, 15) is 4.79 Å². The number of aromatic nitrogens is 2. The quantitative estimate of drug-likeness (QED) is 0.893. The summed E-state index contributed by atoms with van der Waals surface area (Å²) in [6, 6.07) is 3.10. The molecule has 0 aliphatic carbocycles. The van der Waals surface area contributed by atoms with Crippen LogP contribution in [0.3, 0.4) is 0 Å². The zero-order chi connectivity index (χ0) is 14.9. The first-order valence-electron chi connectivity index (χ1n) is 5.48. The van der Waals surface area contributed by atoms with E-state index in [-0.39, 0.29) is 11.4 Å². The van der Waals surface area contributed by atoms with Crippen molar-refractivity contribution in [1.82, 2.24) is 9.78 Å². The number of anilines is 1. The molecule has 106 valence electrons. The molecule has 3 N–H and O–H groups in total. The van der Waals surface area contributed by atoms with Crippen molar-refractivity contribution < 1.29 is 19.4 Å². The minimum absolute atomic E-state index is 0.0137. The summed E-state index contributed by atoms with van der Waals surface area (Å²) in [7, 11) is 2.92. The molecule has 0 aliphatic rings. The SMILES string of the molecule is COc1cc(-n2ncc(C(=O)O)c2N)c(OC)cc1Cl. The molecule has 0 spiro atoms. The van der Waals surface area contributed by atoms with Gasteiger partial charge >= 0.3 is 5.97 Å². The molecule has 0 unspecified atom stereocenters. The monoisotopic (exact) mass is 297 g/mol. The zero-order valence-corrected chi connectivity index (χ0v) is 11.5. The summed E-state index contributed by atoms with van der Waals surface area (Å²) >= 11 is 6.00. The van der Waals surface area contributed by atoms with Gasteiger partial charge in [-0.1, -0.05) is 11.6 Å². The van der Waals surface area contributed by atoms with E-state index in [4.69, 9.17) is 31.9 Å². The number of methoxy groups -OCH3 is 2. The standard InChI is InChI=1S/C12H12ClN3O4/c1-19-9-4-8(10(20-2)3-7(9)13)16-11(14)6(5-15-16)12(17)18/h3-5H,14H2,1-2H3,(H,17,18). The number of rotatable bonds is 4. The van der Waals surface area contributed by atoms with Gasteiger partial charge in [-0.05, 0) is 0 Å². The van der Waals surface area contributed by atoms with Crippen molar-refractivity contribution in [2.45, 2.75) is 0 Å². The number of halogens is 1. The van der Waals surface area contributed by atoms with Crippen molar-refractivity contribution in [3.8, 4) is 17.2 Å². The van der Waals surface area contributed by atoms with E-state index in [1.807, 2.05) is 0 Å². The molecule has 0 amide bonds. The first-order valence-corrected chi connectivity index (χ1v) is 5.86. The molecule has 2 rings (SSSR count). The van der Waals surface area contributed by atoms with Gasteiger partial charge in [0.05, 0.1) is 25.4 Å². The maximum Gasteiger partial charge on any atom is 0.341 e. The number of carbonyl (C=O) groups is 1. The van der Waals surface area contributed by atoms with Crippen molar-refractivity contribution in [3.05, 3.63) is 28.9 Å². The van der Waals surface area contributed by atoms with Crippen molar-refractivity contribution in [3.63, 3.8) is 0 Å². The van der Waals surface area contributed by atoms with E-state index >= 15 is 0 Å². The highest BCUT2D eigenvalue weighted by Gasteiger charge is 2.19. The van der Waals surface area contributed by atoms with E-state index < -0.39 is 5.97 Å². The number of hydrogen-bond donors (Lipinski definition) is 2. The third-order valence-electron chi connectivity index (χ3n) is 2.72. The summed E-state index contributed by atoms with van der Waals surface area (Å²) in [5.74, 6) is -0.384. The topological polar surface area (TPSA) is 99.6 Å². The molecular weight excluding hydrogens is 286 g/mol. The second kappa shape index (κ2) is 5.30. The Bertz CT molecular complexity index is 669. The predicted molar refractivity (Wildman–Crippen MR) is 73.0 cm³/mol. The summed E-state index contributed by atoms with van der Waals surface area (Å²) in [6.07, 6.45) is 1.16. The zero-order valence-electron chi connectivity index (χ0n) is 10.8. The Morgan fingerprint density at radius 1 is 1.35 bits per heavy atom. The average molecular weight is 298 g/mol. The summed E-state index contributed by atoms with van der Waals surface area (Å²) < 4.78 is 11.6.